The van der Waals surface area contributed by atoms with Crippen molar-refractivity contribution in [3.05, 3.63) is 78.2 Å². The number of hydrogen-bond donors (Lipinski definition) is 3. The predicted molar refractivity (Wildman–Crippen MR) is 138 cm³/mol. The summed E-state index contributed by atoms with van der Waals surface area (Å²) in [6, 6.07) is 19.0. The number of amides is 1. The molecule has 0 spiro atoms. The quantitative estimate of drug-likeness (QED) is 0.417. The lowest BCUT2D eigenvalue weighted by Crippen LogP contribution is -2.43. The topological polar surface area (TPSA) is 134 Å². The molecule has 3 heterocycles. The number of nitrogens with one attached hydrogen (secondary N) is 1. The van der Waals surface area contributed by atoms with Gasteiger partial charge in [-0.1, -0.05) is 30.3 Å². The Labute approximate surface area is 203 Å². The van der Waals surface area contributed by atoms with Gasteiger partial charge >= 0.3 is 0 Å². The first-order valence-corrected chi connectivity index (χ1v) is 11.5. The van der Waals surface area contributed by atoms with Crippen LogP contribution in [0.1, 0.15) is 28.9 Å². The van der Waals surface area contributed by atoms with Crippen molar-refractivity contribution in [3.8, 4) is 17.2 Å². The smallest absolute Gasteiger partial charge is 0.276 e. The van der Waals surface area contributed by atoms with Crippen LogP contribution in [0.3, 0.4) is 0 Å². The van der Waals surface area contributed by atoms with E-state index in [0.29, 0.717) is 16.8 Å². The van der Waals surface area contributed by atoms with Crippen molar-refractivity contribution in [3.63, 3.8) is 0 Å². The fraction of sp³-hybridized carbons (Fsp3) is 0.185. The number of fused-ring (bicyclic) bond motifs is 1. The molecule has 5 N–H and O–H groups in total. The third-order valence-electron chi connectivity index (χ3n) is 6.27. The molecular weight excluding hydrogens is 438 g/mol. The zero-order valence-corrected chi connectivity index (χ0v) is 19.1. The van der Waals surface area contributed by atoms with Gasteiger partial charge in [-0.25, -0.2) is 4.98 Å². The number of rotatable bonds is 4. The number of aromatic nitrogens is 2. The average Bonchev–Trinajstić information content (AvgIpc) is 2.88. The van der Waals surface area contributed by atoms with E-state index in [9.17, 15) is 10.1 Å². The van der Waals surface area contributed by atoms with E-state index < -0.39 is 5.91 Å². The van der Waals surface area contributed by atoms with E-state index in [2.05, 4.69) is 26.3 Å². The minimum Gasteiger partial charge on any atom is -0.397 e. The molecule has 4 aromatic rings. The minimum atomic E-state index is -0.414. The lowest BCUT2D eigenvalue weighted by Gasteiger charge is -2.33. The fourth-order valence-electron chi connectivity index (χ4n) is 4.53. The molecule has 1 aliphatic rings. The van der Waals surface area contributed by atoms with Crippen molar-refractivity contribution in [1.82, 2.24) is 9.97 Å². The van der Waals surface area contributed by atoms with Crippen LogP contribution in [0.2, 0.25) is 0 Å². The summed E-state index contributed by atoms with van der Waals surface area (Å²) in [5, 5.41) is 13.2. The summed E-state index contributed by atoms with van der Waals surface area (Å²) >= 11 is 0. The van der Waals surface area contributed by atoms with Gasteiger partial charge < -0.3 is 21.7 Å². The highest BCUT2D eigenvalue weighted by Gasteiger charge is 2.21. The van der Waals surface area contributed by atoms with Crippen molar-refractivity contribution in [2.24, 2.45) is 5.73 Å². The summed E-state index contributed by atoms with van der Waals surface area (Å²) in [6.45, 7) is 1.58. The van der Waals surface area contributed by atoms with Crippen LogP contribution in [-0.2, 0) is 0 Å². The summed E-state index contributed by atoms with van der Waals surface area (Å²) in [5.41, 5.74) is 17.1. The molecule has 0 aliphatic carbocycles. The molecule has 0 bridgehead atoms. The second kappa shape index (κ2) is 9.41. The van der Waals surface area contributed by atoms with Crippen molar-refractivity contribution in [2.45, 2.75) is 18.9 Å². The lowest BCUT2D eigenvalue weighted by atomic mass is 9.99. The highest BCUT2D eigenvalue weighted by atomic mass is 16.1. The standard InChI is InChI=1S/C27H25N7O/c28-14-19-4-1-2-6-21(19)17-7-8-18-12-22(30)26(32-23(18)13-17)27(35)33-24-15-31-10-9-25(24)34-11-3-5-20(29)16-34/h1-2,4,6-10,12-13,15,20H,3,5,11,16,29-30H2,(H,33,35). The SMILES string of the molecule is N#Cc1ccccc1-c1ccc2cc(N)c(C(=O)Nc3cnccc3N3CCCC(N)C3)nc2c1. The largest absolute Gasteiger partial charge is 0.397 e. The third kappa shape index (κ3) is 4.50. The van der Waals surface area contributed by atoms with Crippen LogP contribution in [0.5, 0.6) is 0 Å². The van der Waals surface area contributed by atoms with Crippen LogP contribution in [0.25, 0.3) is 22.0 Å². The normalized spacial score (nSPS) is 15.5. The Hall–Kier alpha value is -4.48. The number of nitrogen functional groups attached to an aromatic ring is 1. The molecule has 8 heteroatoms. The molecule has 5 rings (SSSR count). The number of piperidine rings is 1. The highest BCUT2D eigenvalue weighted by Crippen LogP contribution is 2.30. The second-order valence-corrected chi connectivity index (χ2v) is 8.69. The van der Waals surface area contributed by atoms with E-state index in [1.165, 1.54) is 0 Å². The Kier molecular flexibility index (Phi) is 6.00. The molecular formula is C27H25N7O. The van der Waals surface area contributed by atoms with Gasteiger partial charge in [0, 0.05) is 30.7 Å². The first-order valence-electron chi connectivity index (χ1n) is 11.5. The number of nitrogens with zero attached hydrogens (tertiary/aromatic N) is 4. The fourth-order valence-corrected chi connectivity index (χ4v) is 4.53. The van der Waals surface area contributed by atoms with Gasteiger partial charge in [0.1, 0.15) is 0 Å². The molecule has 0 radical (unpaired) electrons. The molecule has 1 unspecified atom stereocenters. The Morgan fingerprint density at radius 3 is 2.86 bits per heavy atom. The minimum absolute atomic E-state index is 0.0959. The van der Waals surface area contributed by atoms with Gasteiger partial charge in [-0.15, -0.1) is 0 Å². The third-order valence-corrected chi connectivity index (χ3v) is 6.27. The molecule has 1 saturated heterocycles. The summed E-state index contributed by atoms with van der Waals surface area (Å²) < 4.78 is 0. The number of pyridine rings is 2. The number of carbonyl (C=O) groups is 1. The number of hydrogen-bond acceptors (Lipinski definition) is 7. The Bertz CT molecular complexity index is 1460. The number of carbonyl (C=O) groups excluding carboxylic acids is 1. The second-order valence-electron chi connectivity index (χ2n) is 8.69. The van der Waals surface area contributed by atoms with Crippen LogP contribution in [-0.4, -0.2) is 35.0 Å². The number of nitrogens with two attached hydrogens (primary N) is 2. The van der Waals surface area contributed by atoms with Crippen LogP contribution in [0.15, 0.2) is 67.0 Å². The van der Waals surface area contributed by atoms with E-state index in [1.807, 2.05) is 42.5 Å². The number of benzene rings is 2. The predicted octanol–water partition coefficient (Wildman–Crippen LogP) is 3.93. The van der Waals surface area contributed by atoms with Crippen molar-refractivity contribution < 1.29 is 4.79 Å². The Morgan fingerprint density at radius 1 is 1.17 bits per heavy atom. The molecule has 1 amide bonds. The zero-order chi connectivity index (χ0) is 24.4. The molecule has 1 aliphatic heterocycles. The maximum absolute atomic E-state index is 13.3. The molecule has 8 nitrogen and oxygen atoms in total. The molecule has 35 heavy (non-hydrogen) atoms. The van der Waals surface area contributed by atoms with Gasteiger partial charge in [-0.2, -0.15) is 5.26 Å². The van der Waals surface area contributed by atoms with E-state index in [4.69, 9.17) is 11.5 Å². The average molecular weight is 464 g/mol. The Morgan fingerprint density at radius 2 is 2.03 bits per heavy atom. The van der Waals surface area contributed by atoms with Gasteiger partial charge in [0.05, 0.1) is 40.4 Å². The van der Waals surface area contributed by atoms with Crippen molar-refractivity contribution in [1.29, 1.82) is 5.26 Å². The summed E-state index contributed by atoms with van der Waals surface area (Å²) in [5.74, 6) is -0.414. The van der Waals surface area contributed by atoms with Crippen LogP contribution < -0.4 is 21.7 Å². The van der Waals surface area contributed by atoms with E-state index >= 15 is 0 Å². The van der Waals surface area contributed by atoms with Gasteiger partial charge in [0.2, 0.25) is 0 Å². The first-order chi connectivity index (χ1) is 17.0. The van der Waals surface area contributed by atoms with Crippen LogP contribution in [0, 0.1) is 11.3 Å². The monoisotopic (exact) mass is 463 g/mol. The maximum Gasteiger partial charge on any atom is 0.276 e. The van der Waals surface area contributed by atoms with Gasteiger partial charge in [-0.3, -0.25) is 9.78 Å². The molecule has 1 fully saturated rings. The lowest BCUT2D eigenvalue weighted by molar-refractivity contribution is 0.102. The van der Waals surface area contributed by atoms with Gasteiger partial charge in [0.25, 0.3) is 5.91 Å². The van der Waals surface area contributed by atoms with Crippen LogP contribution in [0.4, 0.5) is 17.1 Å². The molecule has 174 valence electrons. The molecule has 2 aromatic heterocycles. The van der Waals surface area contributed by atoms with Crippen molar-refractivity contribution >= 4 is 33.9 Å². The summed E-state index contributed by atoms with van der Waals surface area (Å²) in [4.78, 5) is 24.2. The molecule has 0 saturated carbocycles. The zero-order valence-electron chi connectivity index (χ0n) is 19.1. The van der Waals surface area contributed by atoms with Crippen LogP contribution >= 0.6 is 0 Å². The van der Waals surface area contributed by atoms with Crippen molar-refractivity contribution in [2.75, 3.05) is 29.0 Å². The molecule has 1 atom stereocenters. The Balaban J connectivity index is 1.48. The number of anilines is 3. The highest BCUT2D eigenvalue weighted by molar-refractivity contribution is 6.09. The molecule has 2 aromatic carbocycles. The van der Waals surface area contributed by atoms with Gasteiger partial charge in [-0.05, 0) is 48.2 Å². The summed E-state index contributed by atoms with van der Waals surface area (Å²) in [6.07, 6.45) is 5.31. The van der Waals surface area contributed by atoms with Gasteiger partial charge in [0.15, 0.2) is 5.69 Å². The van der Waals surface area contributed by atoms with E-state index in [0.717, 1.165) is 48.1 Å². The maximum atomic E-state index is 13.3. The number of nitriles is 1. The first kappa shape index (κ1) is 22.3. The van der Waals surface area contributed by atoms with E-state index in [1.54, 1.807) is 24.5 Å². The summed E-state index contributed by atoms with van der Waals surface area (Å²) in [7, 11) is 0. The van der Waals surface area contributed by atoms with E-state index in [-0.39, 0.29) is 17.4 Å².